The van der Waals surface area contributed by atoms with E-state index in [1.807, 2.05) is 12.3 Å². The fraction of sp³-hybridized carbons (Fsp3) is 0.538. The zero-order chi connectivity index (χ0) is 12.8. The second-order valence-corrected chi connectivity index (χ2v) is 5.06. The molecule has 4 N–H and O–H groups in total. The lowest BCUT2D eigenvalue weighted by molar-refractivity contribution is 0.314. The zero-order valence-electron chi connectivity index (χ0n) is 10.5. The van der Waals surface area contributed by atoms with Crippen LogP contribution in [0.4, 0.5) is 0 Å². The van der Waals surface area contributed by atoms with Crippen molar-refractivity contribution in [3.05, 3.63) is 30.1 Å². The Hall–Kier alpha value is -1.62. The van der Waals surface area contributed by atoms with Gasteiger partial charge in [-0.1, -0.05) is 11.2 Å². The van der Waals surface area contributed by atoms with E-state index in [2.05, 4.69) is 21.5 Å². The number of rotatable bonds is 7. The minimum Gasteiger partial charge on any atom is -0.409 e. The van der Waals surface area contributed by atoms with Gasteiger partial charge in [-0.2, -0.15) is 0 Å². The second-order valence-electron chi connectivity index (χ2n) is 5.06. The third-order valence-corrected chi connectivity index (χ3v) is 3.45. The highest BCUT2D eigenvalue weighted by atomic mass is 16.4. The lowest BCUT2D eigenvalue weighted by Crippen LogP contribution is -2.29. The van der Waals surface area contributed by atoms with Crippen LogP contribution < -0.4 is 11.1 Å². The molecule has 0 radical (unpaired) electrons. The summed E-state index contributed by atoms with van der Waals surface area (Å²) >= 11 is 0. The summed E-state index contributed by atoms with van der Waals surface area (Å²) < 4.78 is 0. The van der Waals surface area contributed by atoms with Gasteiger partial charge in [-0.3, -0.25) is 4.98 Å². The molecule has 2 rings (SSSR count). The Morgan fingerprint density at radius 2 is 2.39 bits per heavy atom. The third kappa shape index (κ3) is 3.70. The molecule has 1 aliphatic rings. The van der Waals surface area contributed by atoms with Gasteiger partial charge < -0.3 is 16.3 Å². The van der Waals surface area contributed by atoms with Crippen molar-refractivity contribution >= 4 is 5.84 Å². The molecule has 0 saturated heterocycles. The van der Waals surface area contributed by atoms with Gasteiger partial charge in [0.05, 0.1) is 0 Å². The molecule has 0 spiro atoms. The fourth-order valence-corrected chi connectivity index (χ4v) is 2.14. The van der Waals surface area contributed by atoms with E-state index in [0.717, 1.165) is 32.4 Å². The number of aromatic nitrogens is 1. The van der Waals surface area contributed by atoms with Gasteiger partial charge in [0.1, 0.15) is 5.84 Å². The topological polar surface area (TPSA) is 83.5 Å². The van der Waals surface area contributed by atoms with Gasteiger partial charge in [0.25, 0.3) is 0 Å². The van der Waals surface area contributed by atoms with Crippen LogP contribution in [0.1, 0.15) is 24.8 Å². The van der Waals surface area contributed by atoms with Crippen LogP contribution in [0.3, 0.4) is 0 Å². The number of hydrogen-bond donors (Lipinski definition) is 3. The summed E-state index contributed by atoms with van der Waals surface area (Å²) in [4.78, 5) is 4.09. The zero-order valence-corrected chi connectivity index (χ0v) is 10.5. The summed E-state index contributed by atoms with van der Waals surface area (Å²) in [6.07, 6.45) is 7.65. The number of nitrogens with zero attached hydrogens (tertiary/aromatic N) is 2. The Balaban J connectivity index is 1.67. The van der Waals surface area contributed by atoms with Gasteiger partial charge >= 0.3 is 0 Å². The van der Waals surface area contributed by atoms with Crippen LogP contribution in [0.5, 0.6) is 0 Å². The Morgan fingerprint density at radius 3 is 3.00 bits per heavy atom. The van der Waals surface area contributed by atoms with Gasteiger partial charge in [-0.15, -0.1) is 0 Å². The number of pyridine rings is 1. The molecule has 1 aromatic heterocycles. The van der Waals surface area contributed by atoms with Crippen LogP contribution in [0.25, 0.3) is 0 Å². The molecule has 0 unspecified atom stereocenters. The van der Waals surface area contributed by atoms with E-state index in [1.54, 1.807) is 6.20 Å². The molecule has 0 aliphatic heterocycles. The molecule has 98 valence electrons. The smallest absolute Gasteiger partial charge is 0.139 e. The molecule has 1 aromatic rings. The van der Waals surface area contributed by atoms with Gasteiger partial charge in [0.2, 0.25) is 0 Å². The quantitative estimate of drug-likeness (QED) is 0.222. The maximum absolute atomic E-state index is 8.58. The van der Waals surface area contributed by atoms with E-state index in [1.165, 1.54) is 5.56 Å². The highest BCUT2D eigenvalue weighted by molar-refractivity contribution is 5.80. The standard InChI is InChI=1S/C13H20N4O/c14-12(17-18)8-13(4-5-13)10-16-7-3-11-2-1-6-15-9-11/h1-2,6,9,16,18H,3-5,7-8,10H2,(H2,14,17). The van der Waals surface area contributed by atoms with E-state index >= 15 is 0 Å². The third-order valence-electron chi connectivity index (χ3n) is 3.45. The Labute approximate surface area is 107 Å². The van der Waals surface area contributed by atoms with Crippen molar-refractivity contribution in [3.8, 4) is 0 Å². The molecule has 0 amide bonds. The Morgan fingerprint density at radius 1 is 1.56 bits per heavy atom. The molecule has 0 aromatic carbocycles. The second kappa shape index (κ2) is 5.82. The van der Waals surface area contributed by atoms with Gasteiger partial charge in [-0.25, -0.2) is 0 Å². The maximum Gasteiger partial charge on any atom is 0.139 e. The van der Waals surface area contributed by atoms with Crippen molar-refractivity contribution in [1.82, 2.24) is 10.3 Å². The minimum absolute atomic E-state index is 0.227. The molecule has 0 bridgehead atoms. The van der Waals surface area contributed by atoms with Gasteiger partial charge in [0, 0.05) is 25.4 Å². The van der Waals surface area contributed by atoms with E-state index < -0.39 is 0 Å². The van der Waals surface area contributed by atoms with Crippen molar-refractivity contribution in [2.45, 2.75) is 25.7 Å². The summed E-state index contributed by atoms with van der Waals surface area (Å²) in [7, 11) is 0. The Bertz CT molecular complexity index is 401. The first-order valence-electron chi connectivity index (χ1n) is 6.30. The average molecular weight is 248 g/mol. The van der Waals surface area contributed by atoms with Gasteiger partial charge in [0.15, 0.2) is 0 Å². The first kappa shape index (κ1) is 12.8. The van der Waals surface area contributed by atoms with Crippen LogP contribution in [-0.4, -0.2) is 29.1 Å². The van der Waals surface area contributed by atoms with Crippen LogP contribution in [0, 0.1) is 5.41 Å². The predicted molar refractivity (Wildman–Crippen MR) is 70.5 cm³/mol. The van der Waals surface area contributed by atoms with Crippen LogP contribution in [0.2, 0.25) is 0 Å². The maximum atomic E-state index is 8.58. The van der Waals surface area contributed by atoms with Crippen molar-refractivity contribution in [2.24, 2.45) is 16.3 Å². The number of amidine groups is 1. The lowest BCUT2D eigenvalue weighted by Gasteiger charge is -2.14. The molecular formula is C13H20N4O. The highest BCUT2D eigenvalue weighted by Gasteiger charge is 2.42. The summed E-state index contributed by atoms with van der Waals surface area (Å²) in [5.41, 5.74) is 7.03. The monoisotopic (exact) mass is 248 g/mol. The highest BCUT2D eigenvalue weighted by Crippen LogP contribution is 2.48. The molecule has 5 heteroatoms. The summed E-state index contributed by atoms with van der Waals surface area (Å²) in [6.45, 7) is 1.87. The van der Waals surface area contributed by atoms with Crippen LogP contribution >= 0.6 is 0 Å². The summed E-state index contributed by atoms with van der Waals surface area (Å²) in [6, 6.07) is 4.04. The summed E-state index contributed by atoms with van der Waals surface area (Å²) in [5.74, 6) is 0.335. The molecule has 1 saturated carbocycles. The molecule has 1 aliphatic carbocycles. The molecular weight excluding hydrogens is 228 g/mol. The van der Waals surface area contributed by atoms with Crippen LogP contribution in [-0.2, 0) is 6.42 Å². The number of nitrogens with two attached hydrogens (primary N) is 1. The fourth-order valence-electron chi connectivity index (χ4n) is 2.14. The Kier molecular flexibility index (Phi) is 4.15. The predicted octanol–water partition coefficient (Wildman–Crippen LogP) is 1.13. The van der Waals surface area contributed by atoms with Gasteiger partial charge in [-0.05, 0) is 42.9 Å². The van der Waals surface area contributed by atoms with Crippen molar-refractivity contribution in [3.63, 3.8) is 0 Å². The first-order valence-corrected chi connectivity index (χ1v) is 6.30. The number of hydrogen-bond acceptors (Lipinski definition) is 4. The molecule has 0 atom stereocenters. The summed E-state index contributed by atoms with van der Waals surface area (Å²) in [5, 5.41) is 15.1. The molecule has 5 nitrogen and oxygen atoms in total. The lowest BCUT2D eigenvalue weighted by atomic mass is 10.0. The average Bonchev–Trinajstić information content (AvgIpc) is 3.16. The van der Waals surface area contributed by atoms with E-state index in [4.69, 9.17) is 10.9 Å². The van der Waals surface area contributed by atoms with E-state index in [-0.39, 0.29) is 5.41 Å². The molecule has 18 heavy (non-hydrogen) atoms. The van der Waals surface area contributed by atoms with E-state index in [9.17, 15) is 0 Å². The molecule has 1 fully saturated rings. The first-order chi connectivity index (χ1) is 8.74. The van der Waals surface area contributed by atoms with Crippen molar-refractivity contribution < 1.29 is 5.21 Å². The minimum atomic E-state index is 0.227. The SMILES string of the molecule is NC(CC1(CNCCc2cccnc2)CC1)=NO. The van der Waals surface area contributed by atoms with E-state index in [0.29, 0.717) is 12.3 Å². The normalized spacial score (nSPS) is 17.7. The van der Waals surface area contributed by atoms with Crippen molar-refractivity contribution in [1.29, 1.82) is 0 Å². The largest absolute Gasteiger partial charge is 0.409 e. The number of nitrogens with one attached hydrogen (secondary N) is 1. The van der Waals surface area contributed by atoms with Crippen LogP contribution in [0.15, 0.2) is 29.7 Å². The number of oxime groups is 1. The molecule has 1 heterocycles. The van der Waals surface area contributed by atoms with Crippen molar-refractivity contribution in [2.75, 3.05) is 13.1 Å².